The Balaban J connectivity index is 1.51. The SMILES string of the molecule is CCOc1ccccc1S(=O)(=O)NC(=O)c1cc2c(-n3ccnc3)cc(C3CC3)cc2o1. The fraction of sp³-hybridized carbons (Fsp3) is 0.217. The molecule has 1 amide bonds. The van der Waals surface area contributed by atoms with Gasteiger partial charge >= 0.3 is 5.91 Å². The fourth-order valence-corrected chi connectivity index (χ4v) is 4.80. The van der Waals surface area contributed by atoms with Gasteiger partial charge in [0.2, 0.25) is 0 Å². The highest BCUT2D eigenvalue weighted by molar-refractivity contribution is 7.90. The second-order valence-electron chi connectivity index (χ2n) is 7.62. The lowest BCUT2D eigenvalue weighted by Gasteiger charge is -2.10. The van der Waals surface area contributed by atoms with Gasteiger partial charge in [0, 0.05) is 17.8 Å². The van der Waals surface area contributed by atoms with Crippen molar-refractivity contribution in [3.8, 4) is 11.4 Å². The van der Waals surface area contributed by atoms with E-state index < -0.39 is 15.9 Å². The van der Waals surface area contributed by atoms with Gasteiger partial charge in [0.1, 0.15) is 16.2 Å². The molecule has 1 N–H and O–H groups in total. The summed E-state index contributed by atoms with van der Waals surface area (Å²) in [5, 5.41) is 0.699. The molecule has 0 saturated heterocycles. The Morgan fingerprint density at radius 3 is 2.78 bits per heavy atom. The second-order valence-corrected chi connectivity index (χ2v) is 9.27. The summed E-state index contributed by atoms with van der Waals surface area (Å²) in [5.41, 5.74) is 2.48. The highest BCUT2D eigenvalue weighted by Gasteiger charge is 2.28. The highest BCUT2D eigenvalue weighted by atomic mass is 32.2. The predicted octanol–water partition coefficient (Wildman–Crippen LogP) is 4.01. The summed E-state index contributed by atoms with van der Waals surface area (Å²) in [6.07, 6.45) is 7.38. The van der Waals surface area contributed by atoms with Crippen molar-refractivity contribution < 1.29 is 22.4 Å². The maximum Gasteiger partial charge on any atom is 0.300 e. The predicted molar refractivity (Wildman–Crippen MR) is 118 cm³/mol. The quantitative estimate of drug-likeness (QED) is 0.455. The Kier molecular flexibility index (Phi) is 4.97. The first kappa shape index (κ1) is 20.3. The Labute approximate surface area is 184 Å². The van der Waals surface area contributed by atoms with Crippen molar-refractivity contribution >= 4 is 26.9 Å². The first-order valence-electron chi connectivity index (χ1n) is 10.3. The zero-order valence-electron chi connectivity index (χ0n) is 17.3. The van der Waals surface area contributed by atoms with Gasteiger partial charge in [-0.15, -0.1) is 0 Å². The molecule has 0 atom stereocenters. The third kappa shape index (κ3) is 3.75. The van der Waals surface area contributed by atoms with Crippen LogP contribution >= 0.6 is 0 Å². The average Bonchev–Trinajstić information content (AvgIpc) is 3.30. The molecule has 164 valence electrons. The van der Waals surface area contributed by atoms with Gasteiger partial charge in [-0.25, -0.2) is 18.1 Å². The van der Waals surface area contributed by atoms with Crippen molar-refractivity contribution in [2.45, 2.75) is 30.6 Å². The lowest BCUT2D eigenvalue weighted by molar-refractivity contribution is 0.0956. The topological polar surface area (TPSA) is 103 Å². The van der Waals surface area contributed by atoms with Crippen molar-refractivity contribution in [1.82, 2.24) is 14.3 Å². The summed E-state index contributed by atoms with van der Waals surface area (Å²) in [6, 6.07) is 11.7. The van der Waals surface area contributed by atoms with Crippen molar-refractivity contribution in [1.29, 1.82) is 0 Å². The van der Waals surface area contributed by atoms with Gasteiger partial charge in [-0.2, -0.15) is 0 Å². The zero-order valence-corrected chi connectivity index (χ0v) is 18.1. The normalized spacial score (nSPS) is 13.9. The van der Waals surface area contributed by atoms with E-state index in [1.807, 2.05) is 16.8 Å². The van der Waals surface area contributed by atoms with Gasteiger partial charge in [-0.1, -0.05) is 12.1 Å². The minimum atomic E-state index is -4.16. The van der Waals surface area contributed by atoms with E-state index in [0.717, 1.165) is 24.1 Å². The molecule has 1 saturated carbocycles. The molecule has 0 aliphatic heterocycles. The van der Waals surface area contributed by atoms with Crippen molar-refractivity contribution in [3.05, 3.63) is 72.5 Å². The third-order valence-corrected chi connectivity index (χ3v) is 6.73. The molecule has 4 aromatic rings. The number of ether oxygens (including phenoxy) is 1. The van der Waals surface area contributed by atoms with E-state index in [1.54, 1.807) is 43.7 Å². The Morgan fingerprint density at radius 2 is 2.06 bits per heavy atom. The van der Waals surface area contributed by atoms with Gasteiger partial charge in [0.15, 0.2) is 5.76 Å². The largest absolute Gasteiger partial charge is 0.492 e. The van der Waals surface area contributed by atoms with E-state index in [4.69, 9.17) is 9.15 Å². The molecule has 8 nitrogen and oxygen atoms in total. The van der Waals surface area contributed by atoms with E-state index in [9.17, 15) is 13.2 Å². The number of carbonyl (C=O) groups excluding carboxylic acids is 1. The van der Waals surface area contributed by atoms with E-state index >= 15 is 0 Å². The molecule has 0 radical (unpaired) electrons. The number of para-hydroxylation sites is 1. The summed E-state index contributed by atoms with van der Waals surface area (Å²) >= 11 is 0. The average molecular weight is 452 g/mol. The molecule has 32 heavy (non-hydrogen) atoms. The highest BCUT2D eigenvalue weighted by Crippen LogP contribution is 2.42. The first-order valence-corrected chi connectivity index (χ1v) is 11.8. The Hall–Kier alpha value is -3.59. The second kappa shape index (κ2) is 7.83. The van der Waals surface area contributed by atoms with Crippen LogP contribution in [0.1, 0.15) is 41.8 Å². The number of fused-ring (bicyclic) bond motifs is 1. The number of furan rings is 1. The van der Waals surface area contributed by atoms with Crippen LogP contribution in [0.4, 0.5) is 0 Å². The molecule has 2 aromatic carbocycles. The number of carbonyl (C=O) groups is 1. The van der Waals surface area contributed by atoms with Crippen LogP contribution in [0, 0.1) is 0 Å². The van der Waals surface area contributed by atoms with Crippen LogP contribution in [0.25, 0.3) is 16.7 Å². The number of aromatic nitrogens is 2. The molecule has 2 aromatic heterocycles. The summed E-state index contributed by atoms with van der Waals surface area (Å²) in [5.74, 6) is -0.292. The van der Waals surface area contributed by atoms with E-state index in [1.165, 1.54) is 6.07 Å². The minimum absolute atomic E-state index is 0.0909. The van der Waals surface area contributed by atoms with Crippen LogP contribution in [0.2, 0.25) is 0 Å². The number of imidazole rings is 1. The number of sulfonamides is 1. The third-order valence-electron chi connectivity index (χ3n) is 5.36. The summed E-state index contributed by atoms with van der Waals surface area (Å²) in [4.78, 5) is 16.9. The number of rotatable bonds is 7. The lowest BCUT2D eigenvalue weighted by atomic mass is 10.1. The maximum absolute atomic E-state index is 12.9. The van der Waals surface area contributed by atoms with Gasteiger partial charge in [0.25, 0.3) is 10.0 Å². The van der Waals surface area contributed by atoms with Gasteiger partial charge in [-0.3, -0.25) is 4.79 Å². The number of amides is 1. The molecule has 1 aliphatic carbocycles. The van der Waals surface area contributed by atoms with Crippen LogP contribution in [0.3, 0.4) is 0 Å². The number of nitrogens with zero attached hydrogens (tertiary/aromatic N) is 2. The molecular weight excluding hydrogens is 430 g/mol. The van der Waals surface area contributed by atoms with Crippen LogP contribution in [-0.2, 0) is 10.0 Å². The summed E-state index contributed by atoms with van der Waals surface area (Å²) in [6.45, 7) is 2.05. The molecular formula is C23H21N3O5S. The summed E-state index contributed by atoms with van der Waals surface area (Å²) < 4.78 is 40.9. The first-order chi connectivity index (χ1) is 15.5. The number of hydrogen-bond acceptors (Lipinski definition) is 6. The fourth-order valence-electron chi connectivity index (χ4n) is 3.69. The van der Waals surface area contributed by atoms with Gasteiger partial charge in [0.05, 0.1) is 18.6 Å². The molecule has 9 heteroatoms. The van der Waals surface area contributed by atoms with E-state index in [2.05, 4.69) is 15.8 Å². The lowest BCUT2D eigenvalue weighted by Crippen LogP contribution is -2.30. The van der Waals surface area contributed by atoms with Gasteiger partial charge < -0.3 is 13.7 Å². The maximum atomic E-state index is 12.9. The zero-order chi connectivity index (χ0) is 22.3. The van der Waals surface area contributed by atoms with Crippen molar-refractivity contribution in [3.63, 3.8) is 0 Å². The molecule has 1 aliphatic rings. The van der Waals surface area contributed by atoms with Crippen molar-refractivity contribution in [2.24, 2.45) is 0 Å². The monoisotopic (exact) mass is 451 g/mol. The number of hydrogen-bond donors (Lipinski definition) is 1. The van der Waals surface area contributed by atoms with Gasteiger partial charge in [-0.05, 0) is 61.6 Å². The van der Waals surface area contributed by atoms with Crippen LogP contribution in [-0.4, -0.2) is 30.5 Å². The molecule has 0 spiro atoms. The van der Waals surface area contributed by atoms with Crippen molar-refractivity contribution in [2.75, 3.05) is 6.61 Å². The molecule has 0 bridgehead atoms. The number of nitrogens with one attached hydrogen (secondary N) is 1. The van der Waals surface area contributed by atoms with Crippen LogP contribution < -0.4 is 9.46 Å². The molecule has 5 rings (SSSR count). The molecule has 0 unspecified atom stereocenters. The summed E-state index contributed by atoms with van der Waals surface area (Å²) in [7, 11) is -4.16. The minimum Gasteiger partial charge on any atom is -0.492 e. The van der Waals surface area contributed by atoms with E-state index in [-0.39, 0.29) is 16.4 Å². The van der Waals surface area contributed by atoms with E-state index in [0.29, 0.717) is 23.5 Å². The molecule has 1 fully saturated rings. The smallest absolute Gasteiger partial charge is 0.300 e. The van der Waals surface area contributed by atoms with Crippen LogP contribution in [0.15, 0.2) is 70.5 Å². The Morgan fingerprint density at radius 1 is 1.25 bits per heavy atom. The standard InChI is InChI=1S/C23H21N3O5S/c1-2-30-19-5-3-4-6-22(19)32(28,29)25-23(27)21-13-17-18(26-10-9-24-14-26)11-16(15-7-8-15)12-20(17)31-21/h3-6,9-15H,2,7-8H2,1H3,(H,25,27). The molecule has 2 heterocycles. The Bertz CT molecular complexity index is 1400. The van der Waals surface area contributed by atoms with Crippen LogP contribution in [0.5, 0.6) is 5.75 Å². The number of benzene rings is 2.